The number of hydrogen-bond donors (Lipinski definition) is 2. The second kappa shape index (κ2) is 6.47. The molecule has 6 nitrogen and oxygen atoms in total. The van der Waals surface area contributed by atoms with Gasteiger partial charge in [-0.2, -0.15) is 0 Å². The minimum atomic E-state index is -1.06. The molecule has 0 spiro atoms. The number of carboxylic acids is 1. The summed E-state index contributed by atoms with van der Waals surface area (Å²) in [6.45, 7) is 5.24. The van der Waals surface area contributed by atoms with E-state index >= 15 is 0 Å². The highest BCUT2D eigenvalue weighted by atomic mass is 16.6. The fourth-order valence-electron chi connectivity index (χ4n) is 1.81. The molecule has 0 bridgehead atoms. The van der Waals surface area contributed by atoms with Gasteiger partial charge < -0.3 is 15.6 Å². The molecular weight excluding hydrogens is 260 g/mol. The predicted octanol–water partition coefficient (Wildman–Crippen LogP) is 1.31. The van der Waals surface area contributed by atoms with Crippen LogP contribution in [0, 0.1) is 0 Å². The summed E-state index contributed by atoms with van der Waals surface area (Å²) in [5, 5.41) is 8.85. The molecule has 0 fully saturated rings. The normalized spacial score (nSPS) is 14.4. The predicted molar refractivity (Wildman–Crippen MR) is 73.1 cm³/mol. The van der Waals surface area contributed by atoms with Crippen molar-refractivity contribution in [2.45, 2.75) is 44.8 Å². The van der Waals surface area contributed by atoms with Crippen LogP contribution >= 0.6 is 0 Å². The first-order valence-corrected chi connectivity index (χ1v) is 6.31. The number of hydrogen-bond acceptors (Lipinski definition) is 5. The number of ether oxygens (including phenoxy) is 1. The zero-order valence-electron chi connectivity index (χ0n) is 11.9. The van der Waals surface area contributed by atoms with Crippen LogP contribution in [0.1, 0.15) is 38.7 Å². The third kappa shape index (κ3) is 4.97. The first-order valence-electron chi connectivity index (χ1n) is 6.31. The maximum Gasteiger partial charge on any atom is 0.315 e. The second-order valence-corrected chi connectivity index (χ2v) is 5.55. The van der Waals surface area contributed by atoms with E-state index in [4.69, 9.17) is 15.6 Å². The largest absolute Gasteiger partial charge is 0.481 e. The monoisotopic (exact) mass is 280 g/mol. The number of rotatable bonds is 5. The summed E-state index contributed by atoms with van der Waals surface area (Å²) in [7, 11) is 0. The maximum atomic E-state index is 12.3. The van der Waals surface area contributed by atoms with Crippen molar-refractivity contribution in [2.75, 3.05) is 0 Å². The second-order valence-electron chi connectivity index (χ2n) is 5.55. The molecule has 1 rings (SSSR count). The quantitative estimate of drug-likeness (QED) is 0.788. The minimum Gasteiger partial charge on any atom is -0.481 e. The molecule has 0 aliphatic rings. The lowest BCUT2D eigenvalue weighted by molar-refractivity contribution is -0.157. The highest BCUT2D eigenvalue weighted by Gasteiger charge is 2.32. The Bertz CT molecular complexity index is 468. The molecule has 1 heterocycles. The van der Waals surface area contributed by atoms with Crippen LogP contribution < -0.4 is 5.73 Å². The smallest absolute Gasteiger partial charge is 0.315 e. The molecule has 0 radical (unpaired) electrons. The van der Waals surface area contributed by atoms with E-state index in [9.17, 15) is 9.59 Å². The van der Waals surface area contributed by atoms with Gasteiger partial charge in [0.05, 0.1) is 12.3 Å². The number of carbonyl (C=O) groups excluding carboxylic acids is 1. The highest BCUT2D eigenvalue weighted by molar-refractivity contribution is 5.80. The van der Waals surface area contributed by atoms with Crippen molar-refractivity contribution in [3.63, 3.8) is 0 Å². The van der Waals surface area contributed by atoms with Crippen molar-refractivity contribution in [3.05, 3.63) is 30.1 Å². The topological polar surface area (TPSA) is 103 Å². The van der Waals surface area contributed by atoms with Crippen LogP contribution in [0.25, 0.3) is 0 Å². The lowest BCUT2D eigenvalue weighted by Crippen LogP contribution is -2.39. The van der Waals surface area contributed by atoms with E-state index < -0.39 is 29.5 Å². The van der Waals surface area contributed by atoms with Crippen LogP contribution in [-0.2, 0) is 14.3 Å². The van der Waals surface area contributed by atoms with Crippen molar-refractivity contribution in [2.24, 2.45) is 5.73 Å². The SMILES string of the molecule is CC(C)(C)OC(=O)C(c1ccncc1)[C@@H](N)CC(=O)O. The Morgan fingerprint density at radius 3 is 2.35 bits per heavy atom. The molecule has 0 saturated heterocycles. The first-order chi connectivity index (χ1) is 9.20. The van der Waals surface area contributed by atoms with Crippen LogP contribution in [0.4, 0.5) is 0 Å². The fraction of sp³-hybridized carbons (Fsp3) is 0.500. The van der Waals surface area contributed by atoms with Gasteiger partial charge in [-0.25, -0.2) is 0 Å². The van der Waals surface area contributed by atoms with Crippen LogP contribution in [0.3, 0.4) is 0 Å². The first kappa shape index (κ1) is 16.1. The van der Waals surface area contributed by atoms with Crippen molar-refractivity contribution in [1.82, 2.24) is 4.98 Å². The molecule has 1 unspecified atom stereocenters. The number of carbonyl (C=O) groups is 2. The van der Waals surface area contributed by atoms with E-state index in [1.54, 1.807) is 32.9 Å². The van der Waals surface area contributed by atoms with Crippen LogP contribution in [0.15, 0.2) is 24.5 Å². The molecule has 0 amide bonds. The summed E-state index contributed by atoms with van der Waals surface area (Å²) in [4.78, 5) is 26.9. The van der Waals surface area contributed by atoms with Gasteiger partial charge in [-0.15, -0.1) is 0 Å². The molecule has 1 aromatic heterocycles. The van der Waals surface area contributed by atoms with E-state index in [2.05, 4.69) is 4.98 Å². The lowest BCUT2D eigenvalue weighted by Gasteiger charge is -2.26. The van der Waals surface area contributed by atoms with E-state index in [-0.39, 0.29) is 6.42 Å². The highest BCUT2D eigenvalue weighted by Crippen LogP contribution is 2.24. The standard InChI is InChI=1S/C14H20N2O4/c1-14(2,3)20-13(19)12(10(15)8-11(17)18)9-4-6-16-7-5-9/h4-7,10,12H,8,15H2,1-3H3,(H,17,18)/t10-,12?/m0/s1. The van der Waals surface area contributed by atoms with Crippen LogP contribution in [0.5, 0.6) is 0 Å². The number of esters is 1. The molecule has 6 heteroatoms. The molecule has 0 aromatic carbocycles. The zero-order valence-corrected chi connectivity index (χ0v) is 11.9. The Kier molecular flexibility index (Phi) is 5.21. The summed E-state index contributed by atoms with van der Waals surface area (Å²) < 4.78 is 5.32. The number of pyridine rings is 1. The Hall–Kier alpha value is -1.95. The number of nitrogens with zero attached hydrogens (tertiary/aromatic N) is 1. The molecule has 0 aliphatic heterocycles. The summed E-state index contributed by atoms with van der Waals surface area (Å²) >= 11 is 0. The Morgan fingerprint density at radius 2 is 1.90 bits per heavy atom. The van der Waals surface area contributed by atoms with Gasteiger partial charge in [-0.1, -0.05) is 0 Å². The van der Waals surface area contributed by atoms with Gasteiger partial charge in [0.15, 0.2) is 0 Å². The Labute approximate surface area is 118 Å². The minimum absolute atomic E-state index is 0.313. The van der Waals surface area contributed by atoms with Crippen molar-refractivity contribution in [3.8, 4) is 0 Å². The van der Waals surface area contributed by atoms with Gasteiger partial charge in [0.2, 0.25) is 0 Å². The van der Waals surface area contributed by atoms with Crippen molar-refractivity contribution in [1.29, 1.82) is 0 Å². The summed E-state index contributed by atoms with van der Waals surface area (Å²) in [6.07, 6.45) is 2.74. The van der Waals surface area contributed by atoms with Crippen LogP contribution in [-0.4, -0.2) is 33.7 Å². The average Bonchev–Trinajstić information content (AvgIpc) is 2.26. The molecule has 20 heavy (non-hydrogen) atoms. The number of aliphatic carboxylic acids is 1. The number of carboxylic acid groups (broad SMARTS) is 1. The molecule has 2 atom stereocenters. The molecule has 0 saturated carbocycles. The van der Waals surface area contributed by atoms with Crippen LogP contribution in [0.2, 0.25) is 0 Å². The third-order valence-corrected chi connectivity index (χ3v) is 2.56. The Morgan fingerprint density at radius 1 is 1.35 bits per heavy atom. The van der Waals surface area contributed by atoms with Gasteiger partial charge in [0.1, 0.15) is 5.60 Å². The average molecular weight is 280 g/mol. The molecule has 1 aromatic rings. The summed E-state index contributed by atoms with van der Waals surface area (Å²) in [5.41, 5.74) is 5.81. The van der Waals surface area contributed by atoms with Crippen molar-refractivity contribution < 1.29 is 19.4 Å². The third-order valence-electron chi connectivity index (χ3n) is 2.56. The lowest BCUT2D eigenvalue weighted by atomic mass is 9.90. The van der Waals surface area contributed by atoms with E-state index in [0.29, 0.717) is 5.56 Å². The zero-order chi connectivity index (χ0) is 15.3. The van der Waals surface area contributed by atoms with E-state index in [1.165, 1.54) is 12.4 Å². The summed E-state index contributed by atoms with van der Waals surface area (Å²) in [5.74, 6) is -2.41. The van der Waals surface area contributed by atoms with E-state index in [0.717, 1.165) is 0 Å². The van der Waals surface area contributed by atoms with Gasteiger partial charge >= 0.3 is 11.9 Å². The molecule has 3 N–H and O–H groups in total. The summed E-state index contributed by atoms with van der Waals surface area (Å²) in [6, 6.07) is 2.41. The molecule has 110 valence electrons. The molecule has 0 aliphatic carbocycles. The molecular formula is C14H20N2O4. The van der Waals surface area contributed by atoms with Gasteiger partial charge in [0, 0.05) is 18.4 Å². The number of nitrogens with two attached hydrogens (primary N) is 1. The van der Waals surface area contributed by atoms with Gasteiger partial charge in [-0.05, 0) is 38.5 Å². The van der Waals surface area contributed by atoms with Gasteiger partial charge in [-0.3, -0.25) is 14.6 Å². The van der Waals surface area contributed by atoms with Gasteiger partial charge in [0.25, 0.3) is 0 Å². The maximum absolute atomic E-state index is 12.3. The fourth-order valence-corrected chi connectivity index (χ4v) is 1.81. The Balaban J connectivity index is 3.02. The van der Waals surface area contributed by atoms with Crippen molar-refractivity contribution >= 4 is 11.9 Å². The van der Waals surface area contributed by atoms with E-state index in [1.807, 2.05) is 0 Å². The number of aromatic nitrogens is 1.